The smallest absolute Gasteiger partial charge is 0.330 e. The molecule has 4 atom stereocenters. The number of aliphatic hydroxyl groups excluding tert-OH is 3. The Morgan fingerprint density at radius 1 is 1.47 bits per heavy atom. The first-order valence-corrected chi connectivity index (χ1v) is 5.79. The van der Waals surface area contributed by atoms with Crippen molar-refractivity contribution >= 4 is 0 Å². The average Bonchev–Trinajstić information content (AvgIpc) is 2.59. The first-order valence-electron chi connectivity index (χ1n) is 5.79. The summed E-state index contributed by atoms with van der Waals surface area (Å²) in [5.74, 6) is 0. The molecule has 1 aromatic heterocycles. The summed E-state index contributed by atoms with van der Waals surface area (Å²) in [7, 11) is 0. The van der Waals surface area contributed by atoms with Crippen molar-refractivity contribution in [2.24, 2.45) is 0 Å². The van der Waals surface area contributed by atoms with Crippen LogP contribution in [0.25, 0.3) is 0 Å². The molecule has 1 aliphatic heterocycles. The van der Waals surface area contributed by atoms with E-state index in [9.17, 15) is 19.8 Å². The van der Waals surface area contributed by atoms with Crippen LogP contribution >= 0.6 is 0 Å². The fourth-order valence-electron chi connectivity index (χ4n) is 2.21. The van der Waals surface area contributed by atoms with E-state index in [0.717, 1.165) is 4.57 Å². The lowest BCUT2D eigenvalue weighted by molar-refractivity contribution is -0.137. The zero-order chi connectivity index (χ0) is 14.4. The number of aryl methyl sites for hydroxylation is 1. The third-order valence-electron chi connectivity index (χ3n) is 3.42. The van der Waals surface area contributed by atoms with E-state index < -0.39 is 41.9 Å². The molecule has 0 aromatic carbocycles. The van der Waals surface area contributed by atoms with Crippen molar-refractivity contribution < 1.29 is 20.1 Å². The molecule has 0 amide bonds. The maximum atomic E-state index is 11.8. The van der Waals surface area contributed by atoms with Gasteiger partial charge < -0.3 is 20.1 Å². The van der Waals surface area contributed by atoms with Gasteiger partial charge in [0.25, 0.3) is 5.56 Å². The molecule has 1 saturated heterocycles. The van der Waals surface area contributed by atoms with Gasteiger partial charge >= 0.3 is 5.69 Å². The highest BCUT2D eigenvalue weighted by Crippen LogP contribution is 2.34. The van der Waals surface area contributed by atoms with Gasteiger partial charge in [-0.05, 0) is 13.8 Å². The SMILES string of the molecule is Cc1cn([C@]2(C)O[C@H](CO)C(O)C2O)c(=O)[nH]c1=O. The zero-order valence-electron chi connectivity index (χ0n) is 10.5. The van der Waals surface area contributed by atoms with Gasteiger partial charge in [0.15, 0.2) is 5.72 Å². The van der Waals surface area contributed by atoms with Crippen LogP contribution in [0.1, 0.15) is 12.5 Å². The molecule has 0 bridgehead atoms. The number of aromatic amines is 1. The highest BCUT2D eigenvalue weighted by molar-refractivity contribution is 5.06. The minimum absolute atomic E-state index is 0.263. The van der Waals surface area contributed by atoms with Crippen LogP contribution in [0.3, 0.4) is 0 Å². The zero-order valence-corrected chi connectivity index (χ0v) is 10.5. The molecule has 8 nitrogen and oxygen atoms in total. The third-order valence-corrected chi connectivity index (χ3v) is 3.42. The summed E-state index contributed by atoms with van der Waals surface area (Å²) >= 11 is 0. The number of rotatable bonds is 2. The molecular weight excluding hydrogens is 256 g/mol. The van der Waals surface area contributed by atoms with E-state index in [0.29, 0.717) is 0 Å². The van der Waals surface area contributed by atoms with Gasteiger partial charge in [-0.2, -0.15) is 0 Å². The fourth-order valence-corrected chi connectivity index (χ4v) is 2.21. The van der Waals surface area contributed by atoms with Gasteiger partial charge in [-0.1, -0.05) is 0 Å². The van der Waals surface area contributed by atoms with Crippen LogP contribution in [-0.4, -0.2) is 49.8 Å². The minimum atomic E-state index is -1.56. The molecule has 0 radical (unpaired) electrons. The van der Waals surface area contributed by atoms with E-state index in [-0.39, 0.29) is 5.56 Å². The topological polar surface area (TPSA) is 125 Å². The molecular formula is C11H16N2O6. The summed E-state index contributed by atoms with van der Waals surface area (Å²) in [4.78, 5) is 25.2. The second kappa shape index (κ2) is 4.57. The van der Waals surface area contributed by atoms with E-state index in [2.05, 4.69) is 4.98 Å². The fraction of sp³-hybridized carbons (Fsp3) is 0.636. The van der Waals surface area contributed by atoms with E-state index in [1.54, 1.807) is 0 Å². The van der Waals surface area contributed by atoms with Crippen molar-refractivity contribution in [1.29, 1.82) is 0 Å². The quantitative estimate of drug-likeness (QED) is 0.477. The Kier molecular flexibility index (Phi) is 3.35. The van der Waals surface area contributed by atoms with E-state index in [4.69, 9.17) is 9.84 Å². The molecule has 19 heavy (non-hydrogen) atoms. The van der Waals surface area contributed by atoms with Gasteiger partial charge in [0.1, 0.15) is 18.3 Å². The summed E-state index contributed by atoms with van der Waals surface area (Å²) in [6.45, 7) is 2.40. The largest absolute Gasteiger partial charge is 0.394 e. The Hall–Kier alpha value is -1.48. The van der Waals surface area contributed by atoms with Crippen molar-refractivity contribution in [1.82, 2.24) is 9.55 Å². The lowest BCUT2D eigenvalue weighted by Gasteiger charge is -2.29. The van der Waals surface area contributed by atoms with Crippen molar-refractivity contribution in [3.05, 3.63) is 32.6 Å². The number of aliphatic hydroxyl groups is 3. The molecule has 1 aromatic rings. The highest BCUT2D eigenvalue weighted by Gasteiger charge is 2.52. The Morgan fingerprint density at radius 2 is 2.11 bits per heavy atom. The van der Waals surface area contributed by atoms with Crippen LogP contribution in [0, 0.1) is 6.92 Å². The van der Waals surface area contributed by atoms with Crippen LogP contribution in [-0.2, 0) is 10.5 Å². The summed E-state index contributed by atoms with van der Waals surface area (Å²) in [5.41, 5.74) is -2.59. The predicted octanol–water partition coefficient (Wildman–Crippen LogP) is -2.37. The van der Waals surface area contributed by atoms with Gasteiger partial charge in [-0.3, -0.25) is 14.3 Å². The minimum Gasteiger partial charge on any atom is -0.394 e. The summed E-state index contributed by atoms with van der Waals surface area (Å²) in [5, 5.41) is 28.8. The molecule has 1 aliphatic rings. The van der Waals surface area contributed by atoms with E-state index >= 15 is 0 Å². The van der Waals surface area contributed by atoms with E-state index in [1.807, 2.05) is 0 Å². The van der Waals surface area contributed by atoms with Crippen LogP contribution in [0.5, 0.6) is 0 Å². The molecule has 4 N–H and O–H groups in total. The summed E-state index contributed by atoms with van der Waals surface area (Å²) in [6, 6.07) is 0. The number of nitrogens with one attached hydrogen (secondary N) is 1. The van der Waals surface area contributed by atoms with Gasteiger partial charge in [0, 0.05) is 11.8 Å². The number of hydrogen-bond acceptors (Lipinski definition) is 6. The van der Waals surface area contributed by atoms with Gasteiger partial charge in [-0.15, -0.1) is 0 Å². The van der Waals surface area contributed by atoms with Gasteiger partial charge in [0.05, 0.1) is 6.61 Å². The van der Waals surface area contributed by atoms with Crippen LogP contribution in [0.2, 0.25) is 0 Å². The van der Waals surface area contributed by atoms with Gasteiger partial charge in [0.2, 0.25) is 0 Å². The highest BCUT2D eigenvalue weighted by atomic mass is 16.6. The molecule has 1 fully saturated rings. The Bertz CT molecular complexity index is 594. The summed E-state index contributed by atoms with van der Waals surface area (Å²) in [6.07, 6.45) is -2.49. The number of hydrogen-bond donors (Lipinski definition) is 4. The second-order valence-electron chi connectivity index (χ2n) is 4.77. The number of H-pyrrole nitrogens is 1. The van der Waals surface area contributed by atoms with Crippen molar-refractivity contribution in [3.8, 4) is 0 Å². The lowest BCUT2D eigenvalue weighted by Crippen LogP contribution is -2.49. The molecule has 0 saturated carbocycles. The monoisotopic (exact) mass is 272 g/mol. The Morgan fingerprint density at radius 3 is 2.63 bits per heavy atom. The molecule has 106 valence electrons. The molecule has 2 heterocycles. The van der Waals surface area contributed by atoms with Crippen LogP contribution in [0.4, 0.5) is 0 Å². The van der Waals surface area contributed by atoms with Crippen molar-refractivity contribution in [2.45, 2.75) is 37.9 Å². The molecule has 2 rings (SSSR count). The first-order chi connectivity index (χ1) is 8.81. The second-order valence-corrected chi connectivity index (χ2v) is 4.77. The first kappa shape index (κ1) is 13.9. The maximum Gasteiger partial charge on any atom is 0.330 e. The molecule has 2 unspecified atom stereocenters. The average molecular weight is 272 g/mol. The third kappa shape index (κ3) is 2.02. The van der Waals surface area contributed by atoms with Gasteiger partial charge in [-0.25, -0.2) is 4.79 Å². The standard InChI is InChI=1S/C11H16N2O6/c1-5-3-13(10(18)12-9(5)17)11(2)8(16)7(15)6(4-14)19-11/h3,6-8,14-16H,4H2,1-2H3,(H,12,17,18)/t6-,7?,8?,11-/m1/s1. The molecule has 0 spiro atoms. The lowest BCUT2D eigenvalue weighted by atomic mass is 10.0. The van der Waals surface area contributed by atoms with Crippen molar-refractivity contribution in [2.75, 3.05) is 6.61 Å². The molecule has 8 heteroatoms. The normalized spacial score (nSPS) is 34.7. The number of aromatic nitrogens is 2. The molecule has 0 aliphatic carbocycles. The summed E-state index contributed by atoms with van der Waals surface area (Å²) < 4.78 is 6.38. The van der Waals surface area contributed by atoms with Crippen molar-refractivity contribution in [3.63, 3.8) is 0 Å². The maximum absolute atomic E-state index is 11.8. The van der Waals surface area contributed by atoms with Crippen LogP contribution < -0.4 is 11.2 Å². The Labute approximate surface area is 107 Å². The van der Waals surface area contributed by atoms with E-state index in [1.165, 1.54) is 20.0 Å². The predicted molar refractivity (Wildman–Crippen MR) is 63.7 cm³/mol. The number of ether oxygens (including phenoxy) is 1. The Balaban J connectivity index is 2.55. The van der Waals surface area contributed by atoms with Crippen LogP contribution in [0.15, 0.2) is 15.8 Å². The number of nitrogens with zero attached hydrogens (tertiary/aromatic N) is 1.